The van der Waals surface area contributed by atoms with Gasteiger partial charge in [-0.1, -0.05) is 25.8 Å². The van der Waals surface area contributed by atoms with Gasteiger partial charge in [-0.2, -0.15) is 0 Å². The zero-order valence-corrected chi connectivity index (χ0v) is 19.4. The minimum Gasteiger partial charge on any atom is -0.481 e. The van der Waals surface area contributed by atoms with Crippen LogP contribution in [0.1, 0.15) is 84.5 Å². The van der Waals surface area contributed by atoms with Gasteiger partial charge < -0.3 is 15.3 Å². The topological polar surface area (TPSA) is 112 Å². The molecule has 0 radical (unpaired) electrons. The summed E-state index contributed by atoms with van der Waals surface area (Å²) in [6, 6.07) is 0. The number of rotatable bonds is 7. The molecule has 0 aromatic rings. The van der Waals surface area contributed by atoms with Crippen LogP contribution in [0.15, 0.2) is 11.6 Å². The largest absolute Gasteiger partial charge is 0.481 e. The number of carboxylic acids is 1. The van der Waals surface area contributed by atoms with Gasteiger partial charge in [-0.25, -0.2) is 0 Å². The highest BCUT2D eigenvalue weighted by Crippen LogP contribution is 2.68. The van der Waals surface area contributed by atoms with Crippen LogP contribution in [0, 0.1) is 34.5 Å². The molecule has 0 aromatic carbocycles. The summed E-state index contributed by atoms with van der Waals surface area (Å²) in [7, 11) is 0. The van der Waals surface area contributed by atoms with Crippen molar-refractivity contribution in [2.75, 3.05) is 6.61 Å². The molecule has 4 aliphatic carbocycles. The Labute approximate surface area is 190 Å². The lowest BCUT2D eigenvalue weighted by Crippen LogP contribution is -2.59. The molecule has 0 aliphatic heterocycles. The number of fused-ring (bicyclic) bond motifs is 5. The summed E-state index contributed by atoms with van der Waals surface area (Å²) in [5, 5.41) is 29.8. The van der Waals surface area contributed by atoms with Crippen molar-refractivity contribution in [1.29, 1.82) is 0 Å². The SMILES string of the molecule is C[C@]12CC[C@H]3[C@@H](CCC4=CC(=O)CC(CCCCC(=O)O)[C@@]43C)[C@@H]1CC[C@]2(O)C(=O)CO. The Balaban J connectivity index is 1.60. The highest BCUT2D eigenvalue weighted by molar-refractivity contribution is 5.92. The van der Waals surface area contributed by atoms with Gasteiger partial charge in [0.2, 0.25) is 0 Å². The van der Waals surface area contributed by atoms with Gasteiger partial charge in [0.05, 0.1) is 0 Å². The van der Waals surface area contributed by atoms with E-state index in [-0.39, 0.29) is 29.5 Å². The lowest BCUT2D eigenvalue weighted by atomic mass is 9.44. The first kappa shape index (κ1) is 23.6. The monoisotopic (exact) mass is 446 g/mol. The Morgan fingerprint density at radius 2 is 1.81 bits per heavy atom. The molecule has 0 aromatic heterocycles. The van der Waals surface area contributed by atoms with E-state index in [0.717, 1.165) is 44.9 Å². The molecule has 3 N–H and O–H groups in total. The molecule has 7 atom stereocenters. The van der Waals surface area contributed by atoms with Crippen molar-refractivity contribution in [3.63, 3.8) is 0 Å². The minimum atomic E-state index is -1.44. The molecular formula is C26H38O6. The van der Waals surface area contributed by atoms with Crippen LogP contribution in [0.25, 0.3) is 0 Å². The van der Waals surface area contributed by atoms with Crippen LogP contribution in [-0.4, -0.2) is 45.1 Å². The molecule has 0 heterocycles. The fourth-order valence-corrected chi connectivity index (χ4v) is 8.44. The number of carbonyl (C=O) groups excluding carboxylic acids is 2. The Morgan fingerprint density at radius 3 is 2.50 bits per heavy atom. The van der Waals surface area contributed by atoms with Gasteiger partial charge in [-0.3, -0.25) is 14.4 Å². The maximum absolute atomic E-state index is 12.5. The van der Waals surface area contributed by atoms with Crippen molar-refractivity contribution >= 4 is 17.5 Å². The van der Waals surface area contributed by atoms with Gasteiger partial charge in [0, 0.05) is 18.3 Å². The van der Waals surface area contributed by atoms with Crippen molar-refractivity contribution in [2.45, 2.75) is 90.1 Å². The minimum absolute atomic E-state index is 0.0803. The van der Waals surface area contributed by atoms with Gasteiger partial charge in [0.1, 0.15) is 12.2 Å². The van der Waals surface area contributed by atoms with Gasteiger partial charge >= 0.3 is 5.97 Å². The highest BCUT2D eigenvalue weighted by atomic mass is 16.4. The lowest BCUT2D eigenvalue weighted by molar-refractivity contribution is -0.166. The van der Waals surface area contributed by atoms with Crippen LogP contribution in [0.3, 0.4) is 0 Å². The van der Waals surface area contributed by atoms with Crippen LogP contribution < -0.4 is 0 Å². The summed E-state index contributed by atoms with van der Waals surface area (Å²) in [5.74, 6) is 0.250. The van der Waals surface area contributed by atoms with Crippen molar-refractivity contribution in [3.8, 4) is 0 Å². The number of aliphatic hydroxyl groups is 2. The molecule has 1 unspecified atom stereocenters. The number of unbranched alkanes of at least 4 members (excludes halogenated alkanes) is 1. The number of ketones is 2. The lowest BCUT2D eigenvalue weighted by Gasteiger charge is -2.60. The maximum atomic E-state index is 12.5. The summed E-state index contributed by atoms with van der Waals surface area (Å²) in [5.41, 5.74) is -0.759. The Hall–Kier alpha value is -1.53. The molecule has 6 heteroatoms. The van der Waals surface area contributed by atoms with Crippen molar-refractivity contribution < 1.29 is 29.7 Å². The third-order valence-electron chi connectivity index (χ3n) is 10.2. The fraction of sp³-hybridized carbons (Fsp3) is 0.808. The number of carbonyl (C=O) groups is 3. The molecular weight excluding hydrogens is 408 g/mol. The highest BCUT2D eigenvalue weighted by Gasteiger charge is 2.66. The second kappa shape index (κ2) is 8.35. The zero-order chi connectivity index (χ0) is 23.3. The first-order valence-electron chi connectivity index (χ1n) is 12.4. The number of hydrogen-bond acceptors (Lipinski definition) is 5. The third-order valence-corrected chi connectivity index (χ3v) is 10.2. The molecule has 0 amide bonds. The third kappa shape index (κ3) is 3.40. The second-order valence-electron chi connectivity index (χ2n) is 11.3. The molecule has 0 spiro atoms. The predicted molar refractivity (Wildman–Crippen MR) is 119 cm³/mol. The van der Waals surface area contributed by atoms with Crippen LogP contribution in [0.2, 0.25) is 0 Å². The predicted octanol–water partition coefficient (Wildman–Crippen LogP) is 3.68. The first-order chi connectivity index (χ1) is 15.1. The first-order valence-corrected chi connectivity index (χ1v) is 12.4. The van der Waals surface area contributed by atoms with Gasteiger partial charge in [-0.15, -0.1) is 0 Å². The Bertz CT molecular complexity index is 832. The van der Waals surface area contributed by atoms with E-state index < -0.39 is 29.4 Å². The number of aliphatic carboxylic acids is 1. The summed E-state index contributed by atoms with van der Waals surface area (Å²) in [6.07, 6.45) is 9.66. The molecule has 3 saturated carbocycles. The average Bonchev–Trinajstić information content (AvgIpc) is 3.03. The zero-order valence-electron chi connectivity index (χ0n) is 19.4. The molecule has 3 fully saturated rings. The molecule has 178 valence electrons. The van der Waals surface area contributed by atoms with Crippen LogP contribution in [-0.2, 0) is 14.4 Å². The maximum Gasteiger partial charge on any atom is 0.303 e. The second-order valence-corrected chi connectivity index (χ2v) is 11.3. The smallest absolute Gasteiger partial charge is 0.303 e. The summed E-state index contributed by atoms with van der Waals surface area (Å²) < 4.78 is 0. The van der Waals surface area contributed by atoms with Gasteiger partial charge in [0.25, 0.3) is 0 Å². The van der Waals surface area contributed by atoms with Crippen LogP contribution >= 0.6 is 0 Å². The van der Waals surface area contributed by atoms with E-state index in [4.69, 9.17) is 5.11 Å². The number of carboxylic acid groups (broad SMARTS) is 1. The van der Waals surface area contributed by atoms with E-state index in [1.165, 1.54) is 5.57 Å². The fourth-order valence-electron chi connectivity index (χ4n) is 8.44. The summed E-state index contributed by atoms with van der Waals surface area (Å²) in [6.45, 7) is 3.76. The standard InChI is InChI=1S/C26H38O6/c1-24-11-9-21-19(20(24)10-12-26(24,32)22(29)15-27)8-7-17-14-18(28)13-16(25(17,21)2)5-3-4-6-23(30)31/h14,16,19-21,27,32H,3-13,15H2,1-2H3,(H,30,31)/t16?,19-,20-,21-,24-,25-,26-/m0/s1. The van der Waals surface area contributed by atoms with Crippen molar-refractivity contribution in [1.82, 2.24) is 0 Å². The Morgan fingerprint density at radius 1 is 1.09 bits per heavy atom. The molecule has 0 bridgehead atoms. The quantitative estimate of drug-likeness (QED) is 0.514. The molecule has 4 aliphatic rings. The van der Waals surface area contributed by atoms with E-state index in [1.54, 1.807) is 0 Å². The summed E-state index contributed by atoms with van der Waals surface area (Å²) in [4.78, 5) is 36.0. The number of aliphatic hydroxyl groups excluding tert-OH is 1. The average molecular weight is 447 g/mol. The van der Waals surface area contributed by atoms with E-state index in [9.17, 15) is 24.6 Å². The number of allylic oxidation sites excluding steroid dienone is 1. The van der Waals surface area contributed by atoms with Gasteiger partial charge in [-0.05, 0) is 86.5 Å². The normalized spacial score (nSPS) is 43.1. The van der Waals surface area contributed by atoms with Crippen LogP contribution in [0.4, 0.5) is 0 Å². The number of Topliss-reactive ketones (excluding diaryl/α,β-unsaturated/α-hetero) is 1. The molecule has 6 nitrogen and oxygen atoms in total. The van der Waals surface area contributed by atoms with E-state index in [1.807, 2.05) is 6.08 Å². The van der Waals surface area contributed by atoms with E-state index in [0.29, 0.717) is 31.1 Å². The van der Waals surface area contributed by atoms with Gasteiger partial charge in [0.15, 0.2) is 11.6 Å². The number of hydrogen-bond donors (Lipinski definition) is 3. The van der Waals surface area contributed by atoms with Crippen molar-refractivity contribution in [2.24, 2.45) is 34.5 Å². The van der Waals surface area contributed by atoms with Crippen molar-refractivity contribution in [3.05, 3.63) is 11.6 Å². The summed E-state index contributed by atoms with van der Waals surface area (Å²) >= 11 is 0. The van der Waals surface area contributed by atoms with Crippen LogP contribution in [0.5, 0.6) is 0 Å². The molecule has 32 heavy (non-hydrogen) atoms. The molecule has 0 saturated heterocycles. The molecule has 4 rings (SSSR count). The Kier molecular flexibility index (Phi) is 6.17. The van der Waals surface area contributed by atoms with E-state index >= 15 is 0 Å². The van der Waals surface area contributed by atoms with E-state index in [2.05, 4.69) is 13.8 Å².